The highest BCUT2D eigenvalue weighted by atomic mass is 16.5. The molecule has 17 heavy (non-hydrogen) atoms. The second-order valence-corrected chi connectivity index (χ2v) is 4.72. The summed E-state index contributed by atoms with van der Waals surface area (Å²) in [5.41, 5.74) is 7.00. The Labute approximate surface area is 103 Å². The summed E-state index contributed by atoms with van der Waals surface area (Å²) in [5.74, 6) is 1.88. The largest absolute Gasteiger partial charge is 0.496 e. The van der Waals surface area contributed by atoms with Gasteiger partial charge in [0.25, 0.3) is 0 Å². The molecule has 0 radical (unpaired) electrons. The minimum atomic E-state index is 0.199. The molecule has 1 aromatic carbocycles. The molecule has 2 rings (SSSR count). The summed E-state index contributed by atoms with van der Waals surface area (Å²) in [6.07, 6.45) is 4.08. The van der Waals surface area contributed by atoms with Crippen molar-refractivity contribution in [3.05, 3.63) is 29.8 Å². The molecular weight excluding hydrogens is 212 g/mol. The van der Waals surface area contributed by atoms with Crippen LogP contribution in [-0.4, -0.2) is 20.2 Å². The van der Waals surface area contributed by atoms with Crippen molar-refractivity contribution in [3.8, 4) is 5.75 Å². The maximum Gasteiger partial charge on any atom is 0.123 e. The first-order valence-electron chi connectivity index (χ1n) is 6.41. The zero-order valence-electron chi connectivity index (χ0n) is 10.5. The van der Waals surface area contributed by atoms with Crippen LogP contribution in [-0.2, 0) is 0 Å². The average Bonchev–Trinajstić information content (AvgIpc) is 3.19. The van der Waals surface area contributed by atoms with E-state index in [-0.39, 0.29) is 6.04 Å². The van der Waals surface area contributed by atoms with Crippen molar-refractivity contribution in [2.45, 2.75) is 25.3 Å². The lowest BCUT2D eigenvalue weighted by atomic mass is 10.1. The Hall–Kier alpha value is -1.06. The normalized spacial score (nSPS) is 16.8. The van der Waals surface area contributed by atoms with Crippen molar-refractivity contribution in [2.75, 3.05) is 20.2 Å². The van der Waals surface area contributed by atoms with Gasteiger partial charge in [0.15, 0.2) is 0 Å². The van der Waals surface area contributed by atoms with Crippen molar-refractivity contribution < 1.29 is 4.74 Å². The fourth-order valence-electron chi connectivity index (χ4n) is 2.14. The third kappa shape index (κ3) is 3.45. The lowest BCUT2D eigenvalue weighted by molar-refractivity contribution is 0.398. The van der Waals surface area contributed by atoms with E-state index in [1.807, 2.05) is 18.2 Å². The monoisotopic (exact) mass is 234 g/mol. The lowest BCUT2D eigenvalue weighted by Crippen LogP contribution is -2.29. The smallest absolute Gasteiger partial charge is 0.123 e. The Morgan fingerprint density at radius 2 is 2.18 bits per heavy atom. The maximum absolute atomic E-state index is 5.84. The molecule has 1 fully saturated rings. The molecule has 1 aromatic rings. The molecule has 1 saturated carbocycles. The fraction of sp³-hybridized carbons (Fsp3) is 0.571. The third-order valence-corrected chi connectivity index (χ3v) is 3.39. The minimum absolute atomic E-state index is 0.199. The summed E-state index contributed by atoms with van der Waals surface area (Å²) >= 11 is 0. The van der Waals surface area contributed by atoms with Gasteiger partial charge >= 0.3 is 0 Å². The Kier molecular flexibility index (Phi) is 4.40. The van der Waals surface area contributed by atoms with E-state index in [4.69, 9.17) is 10.5 Å². The van der Waals surface area contributed by atoms with Gasteiger partial charge < -0.3 is 15.8 Å². The molecule has 0 aliphatic heterocycles. The molecular formula is C14H22N2O. The molecule has 1 unspecified atom stereocenters. The van der Waals surface area contributed by atoms with Crippen LogP contribution in [0.4, 0.5) is 0 Å². The van der Waals surface area contributed by atoms with Crippen LogP contribution in [0.5, 0.6) is 5.75 Å². The van der Waals surface area contributed by atoms with E-state index in [0.29, 0.717) is 6.54 Å². The molecule has 0 spiro atoms. The molecule has 0 amide bonds. The Bertz CT molecular complexity index is 350. The number of hydrogen-bond acceptors (Lipinski definition) is 3. The topological polar surface area (TPSA) is 47.3 Å². The third-order valence-electron chi connectivity index (χ3n) is 3.39. The van der Waals surface area contributed by atoms with Crippen molar-refractivity contribution in [3.63, 3.8) is 0 Å². The molecule has 3 heteroatoms. The van der Waals surface area contributed by atoms with Crippen molar-refractivity contribution >= 4 is 0 Å². The summed E-state index contributed by atoms with van der Waals surface area (Å²) in [7, 11) is 1.70. The van der Waals surface area contributed by atoms with E-state index in [1.165, 1.54) is 19.3 Å². The van der Waals surface area contributed by atoms with Gasteiger partial charge in [0.2, 0.25) is 0 Å². The van der Waals surface area contributed by atoms with Gasteiger partial charge in [-0.1, -0.05) is 31.0 Å². The average molecular weight is 234 g/mol. The van der Waals surface area contributed by atoms with E-state index in [0.717, 1.165) is 23.8 Å². The number of para-hydroxylation sites is 1. The number of rotatable bonds is 7. The van der Waals surface area contributed by atoms with E-state index in [9.17, 15) is 0 Å². The van der Waals surface area contributed by atoms with Gasteiger partial charge in [0.1, 0.15) is 5.75 Å². The van der Waals surface area contributed by atoms with Gasteiger partial charge in [0, 0.05) is 18.2 Å². The molecule has 1 atom stereocenters. The number of ether oxygens (including phenoxy) is 1. The lowest BCUT2D eigenvalue weighted by Gasteiger charge is -2.19. The van der Waals surface area contributed by atoms with Crippen LogP contribution in [0.2, 0.25) is 0 Å². The highest BCUT2D eigenvalue weighted by molar-refractivity contribution is 5.36. The van der Waals surface area contributed by atoms with Crippen LogP contribution in [0.1, 0.15) is 30.9 Å². The van der Waals surface area contributed by atoms with E-state index >= 15 is 0 Å². The SMILES string of the molecule is COc1ccccc1C(CN)NCCC1CC1. The molecule has 3 nitrogen and oxygen atoms in total. The maximum atomic E-state index is 5.84. The molecule has 0 bridgehead atoms. The summed E-state index contributed by atoms with van der Waals surface area (Å²) in [5, 5.41) is 3.53. The van der Waals surface area contributed by atoms with E-state index < -0.39 is 0 Å². The number of methoxy groups -OCH3 is 1. The predicted molar refractivity (Wildman–Crippen MR) is 70.1 cm³/mol. The quantitative estimate of drug-likeness (QED) is 0.759. The zero-order valence-corrected chi connectivity index (χ0v) is 10.5. The molecule has 1 aliphatic carbocycles. The molecule has 0 heterocycles. The minimum Gasteiger partial charge on any atom is -0.496 e. The Morgan fingerprint density at radius 3 is 2.82 bits per heavy atom. The van der Waals surface area contributed by atoms with Gasteiger partial charge in [-0.25, -0.2) is 0 Å². The van der Waals surface area contributed by atoms with Gasteiger partial charge in [-0.3, -0.25) is 0 Å². The predicted octanol–water partition coefficient (Wildman–Crippen LogP) is 2.08. The van der Waals surface area contributed by atoms with Gasteiger partial charge in [-0.2, -0.15) is 0 Å². The summed E-state index contributed by atoms with van der Waals surface area (Å²) < 4.78 is 5.37. The standard InChI is InChI=1S/C14H22N2O/c1-17-14-5-3-2-4-12(14)13(10-15)16-9-8-11-6-7-11/h2-5,11,13,16H,6-10,15H2,1H3. The van der Waals surface area contributed by atoms with Crippen molar-refractivity contribution in [2.24, 2.45) is 11.7 Å². The molecule has 94 valence electrons. The summed E-state index contributed by atoms with van der Waals surface area (Å²) in [4.78, 5) is 0. The summed E-state index contributed by atoms with van der Waals surface area (Å²) in [6.45, 7) is 1.65. The molecule has 0 aromatic heterocycles. The van der Waals surface area contributed by atoms with Crippen LogP contribution in [0.25, 0.3) is 0 Å². The highest BCUT2D eigenvalue weighted by Crippen LogP contribution is 2.32. The first-order chi connectivity index (χ1) is 8.35. The first kappa shape index (κ1) is 12.4. The van der Waals surface area contributed by atoms with Gasteiger partial charge in [-0.15, -0.1) is 0 Å². The van der Waals surface area contributed by atoms with E-state index in [2.05, 4.69) is 11.4 Å². The van der Waals surface area contributed by atoms with E-state index in [1.54, 1.807) is 7.11 Å². The zero-order chi connectivity index (χ0) is 12.1. The van der Waals surface area contributed by atoms with Crippen LogP contribution in [0.15, 0.2) is 24.3 Å². The summed E-state index contributed by atoms with van der Waals surface area (Å²) in [6, 6.07) is 8.29. The highest BCUT2D eigenvalue weighted by Gasteiger charge is 2.21. The van der Waals surface area contributed by atoms with Crippen LogP contribution in [0.3, 0.4) is 0 Å². The Balaban J connectivity index is 1.94. The molecule has 3 N–H and O–H groups in total. The second-order valence-electron chi connectivity index (χ2n) is 4.72. The van der Waals surface area contributed by atoms with Gasteiger partial charge in [0.05, 0.1) is 7.11 Å². The number of nitrogens with two attached hydrogens (primary N) is 1. The van der Waals surface area contributed by atoms with Crippen molar-refractivity contribution in [1.82, 2.24) is 5.32 Å². The van der Waals surface area contributed by atoms with Crippen LogP contribution in [0, 0.1) is 5.92 Å². The van der Waals surface area contributed by atoms with Crippen LogP contribution < -0.4 is 15.8 Å². The second kappa shape index (κ2) is 6.03. The molecule has 1 aliphatic rings. The van der Waals surface area contributed by atoms with Crippen LogP contribution >= 0.6 is 0 Å². The fourth-order valence-corrected chi connectivity index (χ4v) is 2.14. The van der Waals surface area contributed by atoms with Crippen molar-refractivity contribution in [1.29, 1.82) is 0 Å². The molecule has 0 saturated heterocycles. The Morgan fingerprint density at radius 1 is 1.41 bits per heavy atom. The number of hydrogen-bond donors (Lipinski definition) is 2. The first-order valence-corrected chi connectivity index (χ1v) is 6.41. The number of benzene rings is 1. The number of nitrogens with one attached hydrogen (secondary N) is 1. The van der Waals surface area contributed by atoms with Gasteiger partial charge in [-0.05, 0) is 24.9 Å².